The molecule has 9 aromatic carbocycles. The van der Waals surface area contributed by atoms with Gasteiger partial charge in [-0.25, -0.2) is 0 Å². The van der Waals surface area contributed by atoms with E-state index in [4.69, 9.17) is 0 Å². The summed E-state index contributed by atoms with van der Waals surface area (Å²) < 4.78 is 4.43. The van der Waals surface area contributed by atoms with Gasteiger partial charge in [-0.3, -0.25) is 9.20 Å². The normalized spacial score (nSPS) is 13.5. The maximum absolute atomic E-state index is 14.2. The standard InChI is InChI=1S/C56H36N2O/c1-56(2)48-18-10-8-17-44(48)52-49(56)26-25-42-41-15-9-11-19-50(41)57(54(42)52)39-24-22-35-28-34(20-21-36(35)29-39)37-23-27-51-45(30-37)47-32-38(33-12-4-3-5-13-33)31-46-40-14-6-7-16-43(40)55(59)58(51)53(46)47/h3-32H,1-2H3. The molecule has 0 saturated carbocycles. The first kappa shape index (κ1) is 32.6. The number of pyridine rings is 1. The lowest BCUT2D eigenvalue weighted by Gasteiger charge is -2.21. The van der Waals surface area contributed by atoms with E-state index >= 15 is 0 Å². The Kier molecular flexibility index (Phi) is 6.38. The minimum Gasteiger partial charge on any atom is -0.309 e. The molecule has 0 aliphatic heterocycles. The topological polar surface area (TPSA) is 26.4 Å². The molecule has 0 N–H and O–H groups in total. The van der Waals surface area contributed by atoms with Gasteiger partial charge in [-0.15, -0.1) is 0 Å². The largest absolute Gasteiger partial charge is 0.309 e. The molecule has 0 unspecified atom stereocenters. The minimum atomic E-state index is -0.0811. The lowest BCUT2D eigenvalue weighted by molar-refractivity contribution is 0.661. The third kappa shape index (κ3) is 4.34. The zero-order valence-corrected chi connectivity index (χ0v) is 32.6. The molecule has 3 nitrogen and oxygen atoms in total. The summed E-state index contributed by atoms with van der Waals surface area (Å²) in [5.41, 5.74) is 15.5. The van der Waals surface area contributed by atoms with Crippen LogP contribution >= 0.6 is 0 Å². The predicted octanol–water partition coefficient (Wildman–Crippen LogP) is 14.1. The molecule has 59 heavy (non-hydrogen) atoms. The van der Waals surface area contributed by atoms with Crippen molar-refractivity contribution in [1.29, 1.82) is 0 Å². The van der Waals surface area contributed by atoms with Crippen molar-refractivity contribution in [3.8, 4) is 39.1 Å². The molecule has 3 aromatic heterocycles. The van der Waals surface area contributed by atoms with Crippen LogP contribution in [0.2, 0.25) is 0 Å². The van der Waals surface area contributed by atoms with Crippen LogP contribution in [0.1, 0.15) is 25.0 Å². The van der Waals surface area contributed by atoms with E-state index in [-0.39, 0.29) is 11.0 Å². The van der Waals surface area contributed by atoms with Crippen molar-refractivity contribution in [2.45, 2.75) is 19.3 Å². The van der Waals surface area contributed by atoms with Gasteiger partial charge in [-0.2, -0.15) is 0 Å². The minimum absolute atomic E-state index is 0.0240. The smallest absolute Gasteiger partial charge is 0.263 e. The van der Waals surface area contributed by atoms with Crippen LogP contribution in [-0.2, 0) is 5.41 Å². The molecule has 12 aromatic rings. The van der Waals surface area contributed by atoms with Crippen molar-refractivity contribution in [1.82, 2.24) is 8.97 Å². The summed E-state index contributed by atoms with van der Waals surface area (Å²) in [5, 5.41) is 9.91. The summed E-state index contributed by atoms with van der Waals surface area (Å²) in [6.45, 7) is 4.71. The molecule has 0 fully saturated rings. The summed E-state index contributed by atoms with van der Waals surface area (Å²) >= 11 is 0. The zero-order valence-electron chi connectivity index (χ0n) is 32.6. The van der Waals surface area contributed by atoms with Gasteiger partial charge in [-0.05, 0) is 110 Å². The number of aromatic nitrogens is 2. The van der Waals surface area contributed by atoms with Crippen LogP contribution in [0.3, 0.4) is 0 Å². The van der Waals surface area contributed by atoms with Crippen molar-refractivity contribution in [3.05, 3.63) is 203 Å². The first-order valence-electron chi connectivity index (χ1n) is 20.5. The van der Waals surface area contributed by atoms with Gasteiger partial charge in [0.2, 0.25) is 0 Å². The fourth-order valence-electron chi connectivity index (χ4n) is 10.6. The van der Waals surface area contributed by atoms with Gasteiger partial charge in [0.05, 0.1) is 22.1 Å². The average Bonchev–Trinajstić information content (AvgIpc) is 3.88. The summed E-state index contributed by atoms with van der Waals surface area (Å²) in [6, 6.07) is 65.8. The molecule has 1 aliphatic rings. The Bertz CT molecular complexity index is 3830. The summed E-state index contributed by atoms with van der Waals surface area (Å²) in [6.07, 6.45) is 0. The third-order valence-corrected chi connectivity index (χ3v) is 13.4. The highest BCUT2D eigenvalue weighted by Gasteiger charge is 2.37. The number of nitrogens with zero attached hydrogens (tertiary/aromatic N) is 2. The quantitative estimate of drug-likeness (QED) is 0.165. The highest BCUT2D eigenvalue weighted by molar-refractivity contribution is 6.22. The first-order chi connectivity index (χ1) is 28.9. The summed E-state index contributed by atoms with van der Waals surface area (Å²) in [4.78, 5) is 14.2. The highest BCUT2D eigenvalue weighted by atomic mass is 16.1. The van der Waals surface area contributed by atoms with Crippen molar-refractivity contribution < 1.29 is 0 Å². The Morgan fingerprint density at radius 2 is 1.07 bits per heavy atom. The van der Waals surface area contributed by atoms with E-state index in [9.17, 15) is 4.79 Å². The van der Waals surface area contributed by atoms with Crippen molar-refractivity contribution in [2.24, 2.45) is 0 Å². The molecule has 1 aliphatic carbocycles. The molecule has 0 bridgehead atoms. The SMILES string of the molecule is CC1(C)c2ccccc2-c2c1ccc1c3ccccc3n(-c3ccc4cc(-c5ccc6c(c5)c5cc(-c7ccccc7)cc7c8ccccc8c(=O)n6c75)ccc4c3)c21. The van der Waals surface area contributed by atoms with Crippen LogP contribution in [0, 0.1) is 0 Å². The Morgan fingerprint density at radius 1 is 0.407 bits per heavy atom. The van der Waals surface area contributed by atoms with Crippen molar-refractivity contribution in [2.75, 3.05) is 0 Å². The van der Waals surface area contributed by atoms with Gasteiger partial charge in [0.1, 0.15) is 0 Å². The molecule has 0 radical (unpaired) electrons. The van der Waals surface area contributed by atoms with Gasteiger partial charge >= 0.3 is 0 Å². The maximum Gasteiger partial charge on any atom is 0.263 e. The summed E-state index contributed by atoms with van der Waals surface area (Å²) in [7, 11) is 0. The van der Waals surface area contributed by atoms with Crippen LogP contribution in [0.25, 0.3) is 110 Å². The van der Waals surface area contributed by atoms with Gasteiger partial charge in [-0.1, -0.05) is 141 Å². The monoisotopic (exact) mass is 752 g/mol. The van der Waals surface area contributed by atoms with Gasteiger partial charge in [0.15, 0.2) is 0 Å². The predicted molar refractivity (Wildman–Crippen MR) is 248 cm³/mol. The van der Waals surface area contributed by atoms with Gasteiger partial charge in [0, 0.05) is 49.0 Å². The molecule has 0 spiro atoms. The van der Waals surface area contributed by atoms with Crippen molar-refractivity contribution in [3.63, 3.8) is 0 Å². The zero-order chi connectivity index (χ0) is 39.1. The average molecular weight is 753 g/mol. The second kappa shape index (κ2) is 11.6. The van der Waals surface area contributed by atoms with E-state index < -0.39 is 0 Å². The number of rotatable bonds is 3. The Labute approximate surface area is 340 Å². The van der Waals surface area contributed by atoms with Crippen LogP contribution < -0.4 is 5.56 Å². The van der Waals surface area contributed by atoms with E-state index in [2.05, 4.69) is 182 Å². The second-order valence-electron chi connectivity index (χ2n) is 16.9. The van der Waals surface area contributed by atoms with E-state index in [1.165, 1.54) is 54.8 Å². The Morgan fingerprint density at radius 3 is 1.93 bits per heavy atom. The molecule has 3 heteroatoms. The number of hydrogen-bond donors (Lipinski definition) is 0. The molecule has 0 amide bonds. The maximum atomic E-state index is 14.2. The fraction of sp³-hybridized carbons (Fsp3) is 0.0536. The lowest BCUT2D eigenvalue weighted by Crippen LogP contribution is -2.14. The number of benzene rings is 9. The molecular weight excluding hydrogens is 717 g/mol. The molecule has 0 saturated heterocycles. The molecular formula is C56H36N2O. The van der Waals surface area contributed by atoms with Crippen LogP contribution in [0.5, 0.6) is 0 Å². The van der Waals surface area contributed by atoms with Crippen LogP contribution in [0.15, 0.2) is 187 Å². The highest BCUT2D eigenvalue weighted by Crippen LogP contribution is 2.53. The second-order valence-corrected chi connectivity index (χ2v) is 16.9. The van der Waals surface area contributed by atoms with Gasteiger partial charge < -0.3 is 4.57 Å². The molecule has 3 heterocycles. The van der Waals surface area contributed by atoms with Gasteiger partial charge in [0.25, 0.3) is 5.56 Å². The number of para-hydroxylation sites is 1. The van der Waals surface area contributed by atoms with Crippen LogP contribution in [0.4, 0.5) is 0 Å². The first-order valence-corrected chi connectivity index (χ1v) is 20.5. The van der Waals surface area contributed by atoms with E-state index in [0.29, 0.717) is 0 Å². The van der Waals surface area contributed by atoms with E-state index in [1.807, 2.05) is 22.6 Å². The summed E-state index contributed by atoms with van der Waals surface area (Å²) in [5.74, 6) is 0. The number of hydrogen-bond acceptors (Lipinski definition) is 1. The lowest BCUT2D eigenvalue weighted by atomic mass is 9.82. The van der Waals surface area contributed by atoms with Crippen LogP contribution in [-0.4, -0.2) is 8.97 Å². The molecule has 276 valence electrons. The van der Waals surface area contributed by atoms with E-state index in [0.717, 1.165) is 65.9 Å². The van der Waals surface area contributed by atoms with E-state index in [1.54, 1.807) is 0 Å². The third-order valence-electron chi connectivity index (χ3n) is 13.4. The molecule has 13 rings (SSSR count). The Hall–Kier alpha value is -7.49. The number of fused-ring (bicyclic) bond motifs is 13. The fourth-order valence-corrected chi connectivity index (χ4v) is 10.6. The Balaban J connectivity index is 0.995. The van der Waals surface area contributed by atoms with Crippen molar-refractivity contribution >= 4 is 70.5 Å². The molecule has 0 atom stereocenters.